The van der Waals surface area contributed by atoms with E-state index in [1.165, 1.54) is 250 Å². The van der Waals surface area contributed by atoms with Crippen molar-refractivity contribution in [2.45, 2.75) is 472 Å². The van der Waals surface area contributed by atoms with Crippen molar-refractivity contribution in [2.75, 3.05) is 39.6 Å². The summed E-state index contributed by atoms with van der Waals surface area (Å²) in [6, 6.07) is 0. The first kappa shape index (κ1) is 104. The highest BCUT2D eigenvalue weighted by Gasteiger charge is 2.31. The Kier molecular flexibility index (Phi) is 74.3. The molecule has 0 saturated heterocycles. The van der Waals surface area contributed by atoms with Gasteiger partial charge >= 0.3 is 39.5 Å². The lowest BCUT2D eigenvalue weighted by molar-refractivity contribution is -0.161. The number of esters is 4. The molecule has 0 heterocycles. The molecule has 0 aromatic rings. The molecule has 0 aliphatic heterocycles. The number of phosphoric ester groups is 2. The molecular weight excluding hydrogens is 1380 g/mol. The Morgan fingerprint density at radius 3 is 0.670 bits per heavy atom. The maximum Gasteiger partial charge on any atom is 0.472 e. The van der Waals surface area contributed by atoms with Crippen LogP contribution in [0.1, 0.15) is 453 Å². The Morgan fingerprint density at radius 1 is 0.264 bits per heavy atom. The summed E-state index contributed by atoms with van der Waals surface area (Å²) in [6.07, 6.45) is 65.3. The average Bonchev–Trinajstić information content (AvgIpc) is 0.900. The van der Waals surface area contributed by atoms with Crippen LogP contribution in [0.4, 0.5) is 0 Å². The molecule has 106 heavy (non-hydrogen) atoms. The molecule has 0 aliphatic carbocycles. The number of aliphatic hydroxyl groups is 1. The normalized spacial score (nSPS) is 14.2. The van der Waals surface area contributed by atoms with Crippen LogP contribution in [0.2, 0.25) is 0 Å². The van der Waals surface area contributed by atoms with Crippen molar-refractivity contribution in [3.05, 3.63) is 0 Å². The summed E-state index contributed by atoms with van der Waals surface area (Å²) in [4.78, 5) is 73.3. The van der Waals surface area contributed by atoms with Crippen LogP contribution in [0.5, 0.6) is 0 Å². The lowest BCUT2D eigenvalue weighted by Crippen LogP contribution is -2.30. The third kappa shape index (κ3) is 78.7. The predicted molar refractivity (Wildman–Crippen MR) is 437 cm³/mol. The molecule has 6 atom stereocenters. The first-order chi connectivity index (χ1) is 51.1. The fourth-order valence-corrected chi connectivity index (χ4v) is 15.0. The van der Waals surface area contributed by atoms with Gasteiger partial charge in [0.2, 0.25) is 0 Å². The number of aliphatic hydroxyl groups excluding tert-OH is 1. The van der Waals surface area contributed by atoms with Gasteiger partial charge in [-0.25, -0.2) is 9.13 Å². The van der Waals surface area contributed by atoms with Crippen molar-refractivity contribution in [3.63, 3.8) is 0 Å². The van der Waals surface area contributed by atoms with E-state index in [1.54, 1.807) is 0 Å². The van der Waals surface area contributed by atoms with Crippen LogP contribution in [0.25, 0.3) is 0 Å². The van der Waals surface area contributed by atoms with Gasteiger partial charge < -0.3 is 33.8 Å². The SMILES string of the molecule is CCC(C)CCCCCCCCCCCCCCCCC(=O)O[C@H](COC(=O)CCCCCCCCCC(C)C)COP(=O)(O)OCC(O)COP(=O)(O)OC[C@@H](COC(=O)CCCCCCCCCCCCCCCCCCC(C)C)OC(=O)CCCCCCCCCCCCCCCCCCC(C)C. The highest BCUT2D eigenvalue weighted by molar-refractivity contribution is 7.47. The van der Waals surface area contributed by atoms with Crippen LogP contribution in [0.15, 0.2) is 0 Å². The van der Waals surface area contributed by atoms with Crippen molar-refractivity contribution in [2.24, 2.45) is 23.7 Å². The largest absolute Gasteiger partial charge is 0.472 e. The van der Waals surface area contributed by atoms with Crippen molar-refractivity contribution in [1.82, 2.24) is 0 Å². The maximum absolute atomic E-state index is 13.2. The molecule has 17 nitrogen and oxygen atoms in total. The second kappa shape index (κ2) is 75.7. The zero-order valence-electron chi connectivity index (χ0n) is 70.1. The van der Waals surface area contributed by atoms with Gasteiger partial charge in [0.1, 0.15) is 19.3 Å². The summed E-state index contributed by atoms with van der Waals surface area (Å²) in [6.45, 7) is 14.4. The third-order valence-corrected chi connectivity index (χ3v) is 22.6. The number of hydrogen-bond donors (Lipinski definition) is 3. The Morgan fingerprint density at radius 2 is 0.453 bits per heavy atom. The van der Waals surface area contributed by atoms with E-state index in [9.17, 15) is 43.2 Å². The molecule has 0 fully saturated rings. The van der Waals surface area contributed by atoms with Crippen LogP contribution in [0, 0.1) is 23.7 Å². The first-order valence-electron chi connectivity index (χ1n) is 44.7. The average molecular weight is 1550 g/mol. The van der Waals surface area contributed by atoms with E-state index in [4.69, 9.17) is 37.0 Å². The molecule has 0 spiro atoms. The van der Waals surface area contributed by atoms with Crippen molar-refractivity contribution in [1.29, 1.82) is 0 Å². The van der Waals surface area contributed by atoms with Crippen LogP contribution < -0.4 is 0 Å². The van der Waals surface area contributed by atoms with E-state index in [0.717, 1.165) is 114 Å². The molecule has 19 heteroatoms. The molecule has 0 radical (unpaired) electrons. The fourth-order valence-electron chi connectivity index (χ4n) is 13.5. The summed E-state index contributed by atoms with van der Waals surface area (Å²) in [5, 5.41) is 10.7. The molecule has 0 aromatic heterocycles. The quantitative estimate of drug-likeness (QED) is 0.0222. The zero-order chi connectivity index (χ0) is 78.1. The molecule has 0 aromatic carbocycles. The summed E-state index contributed by atoms with van der Waals surface area (Å²) in [5.74, 6) is 1.07. The minimum atomic E-state index is -4.97. The topological polar surface area (TPSA) is 237 Å². The van der Waals surface area contributed by atoms with Crippen molar-refractivity contribution < 1.29 is 80.2 Å². The van der Waals surface area contributed by atoms with Gasteiger partial charge in [-0.1, -0.05) is 402 Å². The number of hydrogen-bond acceptors (Lipinski definition) is 15. The van der Waals surface area contributed by atoms with Gasteiger partial charge in [-0.05, 0) is 49.4 Å². The predicted octanol–water partition coefficient (Wildman–Crippen LogP) is 26.3. The van der Waals surface area contributed by atoms with Crippen molar-refractivity contribution in [3.8, 4) is 0 Å². The van der Waals surface area contributed by atoms with E-state index in [-0.39, 0.29) is 25.7 Å². The van der Waals surface area contributed by atoms with Gasteiger partial charge in [-0.3, -0.25) is 37.3 Å². The minimum Gasteiger partial charge on any atom is -0.462 e. The lowest BCUT2D eigenvalue weighted by Gasteiger charge is -2.21. The molecule has 0 amide bonds. The van der Waals surface area contributed by atoms with E-state index >= 15 is 0 Å². The van der Waals surface area contributed by atoms with E-state index < -0.39 is 97.5 Å². The number of unbranched alkanes of at least 4 members (excludes halogenated alkanes) is 49. The van der Waals surface area contributed by atoms with Crippen LogP contribution in [-0.2, 0) is 65.4 Å². The van der Waals surface area contributed by atoms with Gasteiger partial charge in [-0.2, -0.15) is 0 Å². The van der Waals surface area contributed by atoms with Gasteiger partial charge in [0.15, 0.2) is 12.2 Å². The van der Waals surface area contributed by atoms with Gasteiger partial charge in [-0.15, -0.1) is 0 Å². The standard InChI is InChI=1S/C87H170O17P2/c1-9-80(8)66-58-50-42-34-28-22-18-19-25-31-37-45-54-62-70-87(92)104-83(74-98-85(90)68-60-52-46-38-41-49-57-65-79(6)7)76-102-106(95,96)100-72-81(88)71-99-105(93,94)101-75-82(103-86(91)69-61-53-44-36-30-24-17-13-11-15-21-27-33-40-48-56-64-78(4)5)73-97-84(89)67-59-51-43-35-29-23-16-12-10-14-20-26-32-39-47-55-63-77(2)3/h77-83,88H,9-76H2,1-8H3,(H,93,94)(H,95,96)/t80?,81?,82-,83-/m1/s1. The summed E-state index contributed by atoms with van der Waals surface area (Å²) < 4.78 is 68.9. The monoisotopic (exact) mass is 1550 g/mol. The van der Waals surface area contributed by atoms with Crippen LogP contribution in [0.3, 0.4) is 0 Å². The van der Waals surface area contributed by atoms with Crippen LogP contribution >= 0.6 is 15.6 Å². The van der Waals surface area contributed by atoms with Crippen LogP contribution in [-0.4, -0.2) is 96.7 Å². The second-order valence-electron chi connectivity index (χ2n) is 33.0. The lowest BCUT2D eigenvalue weighted by atomic mass is 9.99. The van der Waals surface area contributed by atoms with Gasteiger partial charge in [0.25, 0.3) is 0 Å². The third-order valence-electron chi connectivity index (χ3n) is 20.7. The Bertz CT molecular complexity index is 2060. The molecular formula is C87H170O17P2. The fraction of sp³-hybridized carbons (Fsp3) is 0.954. The molecule has 3 N–H and O–H groups in total. The molecule has 630 valence electrons. The molecule has 0 rings (SSSR count). The minimum absolute atomic E-state index is 0.107. The number of phosphoric acid groups is 2. The number of rotatable bonds is 84. The molecule has 0 aliphatic rings. The Hall–Kier alpha value is -1.94. The summed E-state index contributed by atoms with van der Waals surface area (Å²) in [7, 11) is -9.93. The number of carbonyl (C=O) groups excluding carboxylic acids is 4. The Balaban J connectivity index is 5.24. The van der Waals surface area contributed by atoms with E-state index in [2.05, 4.69) is 55.4 Å². The second-order valence-corrected chi connectivity index (χ2v) is 35.9. The highest BCUT2D eigenvalue weighted by atomic mass is 31.2. The summed E-state index contributed by atoms with van der Waals surface area (Å²) in [5.41, 5.74) is 0. The molecule has 0 saturated carbocycles. The first-order valence-corrected chi connectivity index (χ1v) is 47.7. The smallest absolute Gasteiger partial charge is 0.462 e. The molecule has 4 unspecified atom stereocenters. The van der Waals surface area contributed by atoms with Gasteiger partial charge in [0, 0.05) is 25.7 Å². The highest BCUT2D eigenvalue weighted by Crippen LogP contribution is 2.45. The molecule has 0 bridgehead atoms. The zero-order valence-corrected chi connectivity index (χ0v) is 71.9. The van der Waals surface area contributed by atoms with E-state index in [0.29, 0.717) is 31.6 Å². The number of carbonyl (C=O) groups is 4. The van der Waals surface area contributed by atoms with Crippen molar-refractivity contribution >= 4 is 39.5 Å². The van der Waals surface area contributed by atoms with Gasteiger partial charge in [0.05, 0.1) is 26.4 Å². The van der Waals surface area contributed by atoms with E-state index in [1.807, 2.05) is 0 Å². The maximum atomic E-state index is 13.2. The number of ether oxygens (including phenoxy) is 4. The summed E-state index contributed by atoms with van der Waals surface area (Å²) >= 11 is 0. The Labute approximate surface area is 651 Å².